The fraction of sp³-hybridized carbons (Fsp3) is 0. The van der Waals surface area contributed by atoms with Crippen molar-refractivity contribution in [1.82, 2.24) is 14.8 Å². The number of rotatable bonds is 3. The van der Waals surface area contributed by atoms with Crippen molar-refractivity contribution in [2.45, 2.75) is 0 Å². The Kier molecular flexibility index (Phi) is 3.12. The second-order valence-corrected chi connectivity index (χ2v) is 4.44. The molecule has 2 heterocycles. The van der Waals surface area contributed by atoms with Crippen molar-refractivity contribution in [2.24, 2.45) is 0 Å². The van der Waals surface area contributed by atoms with E-state index in [4.69, 9.17) is 5.11 Å². The Morgan fingerprint density at radius 1 is 1.19 bits per heavy atom. The third-order valence-electron chi connectivity index (χ3n) is 3.07. The standard InChI is InChI=1S/C15H11N3O3/c19-14-8-13(11-2-1-7-16-9-11)17-18(14)12-5-3-10(4-6-12)15(20)21/h1-9,17H,(H,20,21). The van der Waals surface area contributed by atoms with Crippen LogP contribution in [0.3, 0.4) is 0 Å². The summed E-state index contributed by atoms with van der Waals surface area (Å²) in [6, 6.07) is 11.2. The number of aromatic carboxylic acids is 1. The number of carbonyl (C=O) groups is 1. The molecule has 0 fully saturated rings. The highest BCUT2D eigenvalue weighted by atomic mass is 16.4. The maximum atomic E-state index is 12.0. The number of benzene rings is 1. The Hall–Kier alpha value is -3.15. The minimum Gasteiger partial charge on any atom is -0.478 e. The number of pyridine rings is 1. The quantitative estimate of drug-likeness (QED) is 0.767. The summed E-state index contributed by atoms with van der Waals surface area (Å²) in [6.45, 7) is 0. The number of carboxylic acids is 1. The van der Waals surface area contributed by atoms with Gasteiger partial charge in [-0.3, -0.25) is 14.9 Å². The van der Waals surface area contributed by atoms with E-state index in [0.717, 1.165) is 5.56 Å². The molecule has 0 saturated heterocycles. The molecule has 0 aliphatic carbocycles. The minimum absolute atomic E-state index is 0.172. The number of nitrogens with zero attached hydrogens (tertiary/aromatic N) is 2. The molecule has 0 unspecified atom stereocenters. The molecule has 2 aromatic heterocycles. The average Bonchev–Trinajstić information content (AvgIpc) is 2.90. The lowest BCUT2D eigenvalue weighted by Crippen LogP contribution is -2.13. The Morgan fingerprint density at radius 3 is 2.57 bits per heavy atom. The molecule has 1 aromatic carbocycles. The van der Waals surface area contributed by atoms with Gasteiger partial charge in [-0.1, -0.05) is 0 Å². The van der Waals surface area contributed by atoms with Crippen molar-refractivity contribution < 1.29 is 9.90 Å². The highest BCUT2D eigenvalue weighted by molar-refractivity contribution is 5.87. The zero-order valence-corrected chi connectivity index (χ0v) is 10.9. The molecule has 0 aliphatic rings. The molecule has 3 aromatic rings. The first-order valence-corrected chi connectivity index (χ1v) is 6.21. The van der Waals surface area contributed by atoms with Gasteiger partial charge >= 0.3 is 5.97 Å². The van der Waals surface area contributed by atoms with Crippen LogP contribution in [0.25, 0.3) is 16.9 Å². The van der Waals surface area contributed by atoms with Crippen molar-refractivity contribution >= 4 is 5.97 Å². The molecule has 6 nitrogen and oxygen atoms in total. The van der Waals surface area contributed by atoms with Crippen LogP contribution in [-0.4, -0.2) is 25.8 Å². The van der Waals surface area contributed by atoms with Crippen molar-refractivity contribution in [3.05, 3.63) is 70.8 Å². The van der Waals surface area contributed by atoms with Crippen LogP contribution in [0, 0.1) is 0 Å². The van der Waals surface area contributed by atoms with Gasteiger partial charge < -0.3 is 5.11 Å². The molecular formula is C15H11N3O3. The monoisotopic (exact) mass is 281 g/mol. The number of nitrogens with one attached hydrogen (secondary N) is 1. The topological polar surface area (TPSA) is 88.0 Å². The van der Waals surface area contributed by atoms with Gasteiger partial charge in [0.2, 0.25) is 0 Å². The van der Waals surface area contributed by atoms with Crippen molar-refractivity contribution in [2.75, 3.05) is 0 Å². The van der Waals surface area contributed by atoms with E-state index in [-0.39, 0.29) is 11.1 Å². The predicted octanol–water partition coefficient (Wildman–Crippen LogP) is 1.93. The first-order chi connectivity index (χ1) is 10.1. The first kappa shape index (κ1) is 12.9. The Bertz CT molecular complexity index is 833. The number of hydrogen-bond acceptors (Lipinski definition) is 3. The summed E-state index contributed by atoms with van der Waals surface area (Å²) in [6.07, 6.45) is 3.31. The van der Waals surface area contributed by atoms with E-state index < -0.39 is 5.97 Å². The molecular weight excluding hydrogens is 270 g/mol. The molecule has 0 atom stereocenters. The predicted molar refractivity (Wildman–Crippen MR) is 76.6 cm³/mol. The molecule has 0 spiro atoms. The molecule has 0 bridgehead atoms. The van der Waals surface area contributed by atoms with Gasteiger partial charge in [-0.15, -0.1) is 0 Å². The van der Waals surface area contributed by atoms with Gasteiger partial charge in [0.25, 0.3) is 5.56 Å². The molecule has 0 amide bonds. The van der Waals surface area contributed by atoms with Gasteiger partial charge in [0.15, 0.2) is 0 Å². The van der Waals surface area contributed by atoms with Crippen molar-refractivity contribution in [3.63, 3.8) is 0 Å². The summed E-state index contributed by atoms with van der Waals surface area (Å²) in [5, 5.41) is 11.8. The van der Waals surface area contributed by atoms with E-state index in [1.54, 1.807) is 30.6 Å². The highest BCUT2D eigenvalue weighted by Crippen LogP contribution is 2.15. The Balaban J connectivity index is 2.02. The second-order valence-electron chi connectivity index (χ2n) is 4.44. The lowest BCUT2D eigenvalue weighted by atomic mass is 10.2. The van der Waals surface area contributed by atoms with Crippen LogP contribution in [0.5, 0.6) is 0 Å². The van der Waals surface area contributed by atoms with Gasteiger partial charge in [-0.05, 0) is 36.4 Å². The third-order valence-corrected chi connectivity index (χ3v) is 3.07. The molecule has 6 heteroatoms. The fourth-order valence-corrected chi connectivity index (χ4v) is 2.01. The van der Waals surface area contributed by atoms with Gasteiger partial charge in [-0.2, -0.15) is 0 Å². The number of aromatic amines is 1. The van der Waals surface area contributed by atoms with Gasteiger partial charge in [0.1, 0.15) is 0 Å². The molecule has 21 heavy (non-hydrogen) atoms. The van der Waals surface area contributed by atoms with Gasteiger partial charge in [0.05, 0.1) is 16.9 Å². The second kappa shape index (κ2) is 5.09. The lowest BCUT2D eigenvalue weighted by Gasteiger charge is -2.03. The Morgan fingerprint density at radius 2 is 1.95 bits per heavy atom. The summed E-state index contributed by atoms with van der Waals surface area (Å²) in [7, 11) is 0. The van der Waals surface area contributed by atoms with Gasteiger partial charge in [0, 0.05) is 24.0 Å². The Labute approximate surface area is 119 Å². The summed E-state index contributed by atoms with van der Waals surface area (Å²) in [4.78, 5) is 26.9. The highest BCUT2D eigenvalue weighted by Gasteiger charge is 2.08. The van der Waals surface area contributed by atoms with Crippen LogP contribution in [0.4, 0.5) is 0 Å². The van der Waals surface area contributed by atoms with Crippen LogP contribution < -0.4 is 5.56 Å². The molecule has 2 N–H and O–H groups in total. The smallest absolute Gasteiger partial charge is 0.335 e. The number of carboxylic acid groups (broad SMARTS) is 1. The first-order valence-electron chi connectivity index (χ1n) is 6.21. The third kappa shape index (κ3) is 2.46. The lowest BCUT2D eigenvalue weighted by molar-refractivity contribution is 0.0697. The van der Waals surface area contributed by atoms with Crippen LogP contribution in [0.15, 0.2) is 59.7 Å². The van der Waals surface area contributed by atoms with Crippen LogP contribution >= 0.6 is 0 Å². The van der Waals surface area contributed by atoms with Crippen molar-refractivity contribution in [3.8, 4) is 16.9 Å². The fourth-order valence-electron chi connectivity index (χ4n) is 2.01. The summed E-state index contributed by atoms with van der Waals surface area (Å²) in [5.74, 6) is -1.00. The van der Waals surface area contributed by atoms with Crippen molar-refractivity contribution in [1.29, 1.82) is 0 Å². The average molecular weight is 281 g/mol. The van der Waals surface area contributed by atoms with Crippen LogP contribution in [0.1, 0.15) is 10.4 Å². The largest absolute Gasteiger partial charge is 0.478 e. The number of aromatic nitrogens is 3. The zero-order chi connectivity index (χ0) is 14.8. The van der Waals surface area contributed by atoms with E-state index in [2.05, 4.69) is 10.1 Å². The minimum atomic E-state index is -1.00. The molecule has 0 aliphatic heterocycles. The normalized spacial score (nSPS) is 10.5. The summed E-state index contributed by atoms with van der Waals surface area (Å²) < 4.78 is 1.36. The maximum absolute atomic E-state index is 12.0. The SMILES string of the molecule is O=C(O)c1ccc(-n2[nH]c(-c3cccnc3)cc2=O)cc1. The number of H-pyrrole nitrogens is 1. The maximum Gasteiger partial charge on any atom is 0.335 e. The van der Waals surface area contributed by atoms with Crippen LogP contribution in [-0.2, 0) is 0 Å². The summed E-state index contributed by atoms with van der Waals surface area (Å²) in [5.41, 5.74) is 1.97. The molecule has 104 valence electrons. The zero-order valence-electron chi connectivity index (χ0n) is 10.9. The molecule has 0 radical (unpaired) electrons. The van der Waals surface area contributed by atoms with E-state index >= 15 is 0 Å². The molecule has 3 rings (SSSR count). The van der Waals surface area contributed by atoms with E-state index in [1.165, 1.54) is 22.9 Å². The number of hydrogen-bond donors (Lipinski definition) is 2. The van der Waals surface area contributed by atoms with Crippen LogP contribution in [0.2, 0.25) is 0 Å². The van der Waals surface area contributed by atoms with E-state index in [0.29, 0.717) is 11.4 Å². The van der Waals surface area contributed by atoms with E-state index in [9.17, 15) is 9.59 Å². The van der Waals surface area contributed by atoms with E-state index in [1.807, 2.05) is 6.07 Å². The summed E-state index contributed by atoms with van der Waals surface area (Å²) >= 11 is 0. The van der Waals surface area contributed by atoms with Gasteiger partial charge in [-0.25, -0.2) is 9.48 Å². The molecule has 0 saturated carbocycles.